The lowest BCUT2D eigenvalue weighted by Gasteiger charge is -2.25. The Bertz CT molecular complexity index is 190. The zero-order valence-electron chi connectivity index (χ0n) is 8.13. The topological polar surface area (TPSA) is 78.3 Å². The van der Waals surface area contributed by atoms with Crippen LogP contribution in [0.4, 0.5) is 8.78 Å². The van der Waals surface area contributed by atoms with Crippen LogP contribution in [0.25, 0.3) is 0 Å². The van der Waals surface area contributed by atoms with E-state index in [1.54, 1.807) is 0 Å². The van der Waals surface area contributed by atoms with Crippen molar-refractivity contribution >= 4 is 5.97 Å². The predicted molar refractivity (Wildman–Crippen MR) is 47.8 cm³/mol. The first-order valence-electron chi connectivity index (χ1n) is 4.43. The van der Waals surface area contributed by atoms with Crippen LogP contribution in [-0.4, -0.2) is 31.1 Å². The Kier molecular flexibility index (Phi) is 5.56. The highest BCUT2D eigenvalue weighted by Crippen LogP contribution is 2.20. The van der Waals surface area contributed by atoms with Crippen LogP contribution in [0.3, 0.4) is 0 Å². The van der Waals surface area contributed by atoms with Crippen molar-refractivity contribution in [2.75, 3.05) is 13.2 Å². The third kappa shape index (κ3) is 3.19. The van der Waals surface area contributed by atoms with Gasteiger partial charge in [-0.2, -0.15) is 0 Å². The van der Waals surface area contributed by atoms with Gasteiger partial charge in [-0.25, -0.2) is 13.6 Å². The Balaban J connectivity index is 4.45. The summed E-state index contributed by atoms with van der Waals surface area (Å²) >= 11 is 0. The van der Waals surface area contributed by atoms with Crippen molar-refractivity contribution in [3.8, 4) is 0 Å². The summed E-state index contributed by atoms with van der Waals surface area (Å²) in [4.78, 5) is 11.1. The van der Waals surface area contributed by atoms with Crippen LogP contribution in [0.5, 0.6) is 0 Å². The van der Waals surface area contributed by atoms with E-state index in [0.29, 0.717) is 0 Å². The summed E-state index contributed by atoms with van der Waals surface area (Å²) in [6.07, 6.45) is -2.84. The van der Waals surface area contributed by atoms with Crippen molar-refractivity contribution in [3.05, 3.63) is 0 Å². The number of carbonyl (C=O) groups excluding carboxylic acids is 1. The minimum atomic E-state index is -2.94. The minimum Gasteiger partial charge on any atom is -0.464 e. The number of hydrogen-bond donors (Lipinski definition) is 2. The molecule has 0 aromatic rings. The minimum absolute atomic E-state index is 0.0348. The average Bonchev–Trinajstić information content (AvgIpc) is 2.14. The van der Waals surface area contributed by atoms with Crippen molar-refractivity contribution in [2.45, 2.75) is 31.7 Å². The molecule has 0 saturated carbocycles. The summed E-state index contributed by atoms with van der Waals surface area (Å²) in [5.74, 6) is -1.07. The van der Waals surface area contributed by atoms with Gasteiger partial charge in [0.25, 0.3) is 6.43 Å². The Labute approximate surface area is 81.6 Å². The van der Waals surface area contributed by atoms with Gasteiger partial charge in [-0.3, -0.25) is 0 Å². The second kappa shape index (κ2) is 5.87. The first kappa shape index (κ1) is 13.2. The van der Waals surface area contributed by atoms with Crippen LogP contribution < -0.4 is 11.5 Å². The van der Waals surface area contributed by atoms with Gasteiger partial charge in [0, 0.05) is 0 Å². The third-order valence-corrected chi connectivity index (χ3v) is 1.84. The SMILES string of the molecule is CCOC(=O)[C@](N)(CCCN)C(F)F. The molecule has 4 nitrogen and oxygen atoms in total. The van der Waals surface area contributed by atoms with E-state index in [0.717, 1.165) is 0 Å². The molecule has 0 aliphatic heterocycles. The summed E-state index contributed by atoms with van der Waals surface area (Å²) in [6.45, 7) is 1.78. The first-order chi connectivity index (χ1) is 6.49. The smallest absolute Gasteiger partial charge is 0.332 e. The molecular formula is C8H16F2N2O2. The summed E-state index contributed by atoms with van der Waals surface area (Å²) in [5.41, 5.74) is 8.22. The molecule has 84 valence electrons. The number of halogens is 2. The molecule has 0 radical (unpaired) electrons. The van der Waals surface area contributed by atoms with Crippen molar-refractivity contribution in [1.82, 2.24) is 0 Å². The maximum absolute atomic E-state index is 12.5. The first-order valence-corrected chi connectivity index (χ1v) is 4.43. The fourth-order valence-corrected chi connectivity index (χ4v) is 0.960. The van der Waals surface area contributed by atoms with Gasteiger partial charge in [0.05, 0.1) is 6.61 Å². The summed E-state index contributed by atoms with van der Waals surface area (Å²) in [5, 5.41) is 0. The molecule has 0 aromatic heterocycles. The van der Waals surface area contributed by atoms with E-state index in [4.69, 9.17) is 11.5 Å². The highest BCUT2D eigenvalue weighted by atomic mass is 19.3. The van der Waals surface area contributed by atoms with E-state index in [-0.39, 0.29) is 26.0 Å². The third-order valence-electron chi connectivity index (χ3n) is 1.84. The van der Waals surface area contributed by atoms with Gasteiger partial charge in [-0.1, -0.05) is 0 Å². The fraction of sp³-hybridized carbons (Fsp3) is 0.875. The van der Waals surface area contributed by atoms with Gasteiger partial charge < -0.3 is 16.2 Å². The molecule has 0 aromatic carbocycles. The molecule has 0 spiro atoms. The van der Waals surface area contributed by atoms with Crippen LogP contribution >= 0.6 is 0 Å². The van der Waals surface area contributed by atoms with Crippen LogP contribution in [0.1, 0.15) is 19.8 Å². The number of ether oxygens (including phenoxy) is 1. The van der Waals surface area contributed by atoms with Crippen LogP contribution in [0.15, 0.2) is 0 Å². The predicted octanol–water partition coefficient (Wildman–Crippen LogP) is 0.251. The standard InChI is InChI=1S/C8H16F2N2O2/c1-2-14-7(13)8(12,6(9)10)4-3-5-11/h6H,2-5,11-12H2,1H3/t8-/m0/s1. The Morgan fingerprint density at radius 3 is 2.50 bits per heavy atom. The Morgan fingerprint density at radius 1 is 1.57 bits per heavy atom. The van der Waals surface area contributed by atoms with E-state index in [2.05, 4.69) is 4.74 Å². The highest BCUT2D eigenvalue weighted by molar-refractivity contribution is 5.81. The average molecular weight is 210 g/mol. The summed E-state index contributed by atoms with van der Waals surface area (Å²) in [7, 11) is 0. The molecule has 0 amide bonds. The maximum Gasteiger partial charge on any atom is 0.332 e. The molecule has 6 heteroatoms. The number of rotatable bonds is 6. The fourth-order valence-electron chi connectivity index (χ4n) is 0.960. The van der Waals surface area contributed by atoms with Gasteiger partial charge in [-0.05, 0) is 26.3 Å². The van der Waals surface area contributed by atoms with Gasteiger partial charge in [-0.15, -0.1) is 0 Å². The molecule has 0 aliphatic carbocycles. The number of hydrogen-bond acceptors (Lipinski definition) is 4. The van der Waals surface area contributed by atoms with Gasteiger partial charge in [0.1, 0.15) is 0 Å². The van der Waals surface area contributed by atoms with E-state index < -0.39 is 17.9 Å². The van der Waals surface area contributed by atoms with Crippen LogP contribution in [0.2, 0.25) is 0 Å². The van der Waals surface area contributed by atoms with E-state index in [9.17, 15) is 13.6 Å². The van der Waals surface area contributed by atoms with Crippen molar-refractivity contribution < 1.29 is 18.3 Å². The highest BCUT2D eigenvalue weighted by Gasteiger charge is 2.44. The number of carbonyl (C=O) groups is 1. The molecule has 0 saturated heterocycles. The maximum atomic E-state index is 12.5. The molecule has 0 fully saturated rings. The molecule has 14 heavy (non-hydrogen) atoms. The second-order valence-corrected chi connectivity index (χ2v) is 2.95. The largest absolute Gasteiger partial charge is 0.464 e. The Hall–Kier alpha value is -0.750. The van der Waals surface area contributed by atoms with Crippen LogP contribution in [-0.2, 0) is 9.53 Å². The lowest BCUT2D eigenvalue weighted by molar-refractivity contribution is -0.156. The molecule has 0 bridgehead atoms. The monoisotopic (exact) mass is 210 g/mol. The molecule has 0 unspecified atom stereocenters. The van der Waals surface area contributed by atoms with E-state index >= 15 is 0 Å². The molecule has 0 heterocycles. The quantitative estimate of drug-likeness (QED) is 0.616. The zero-order chi connectivity index (χ0) is 11.2. The summed E-state index contributed by atoms with van der Waals surface area (Å²) in [6, 6.07) is 0. The molecular weight excluding hydrogens is 194 g/mol. The van der Waals surface area contributed by atoms with E-state index in [1.807, 2.05) is 0 Å². The molecule has 0 aliphatic rings. The molecule has 4 N–H and O–H groups in total. The second-order valence-electron chi connectivity index (χ2n) is 2.95. The van der Waals surface area contributed by atoms with Crippen molar-refractivity contribution in [3.63, 3.8) is 0 Å². The van der Waals surface area contributed by atoms with Crippen molar-refractivity contribution in [2.24, 2.45) is 11.5 Å². The van der Waals surface area contributed by atoms with Gasteiger partial charge >= 0.3 is 5.97 Å². The van der Waals surface area contributed by atoms with E-state index in [1.165, 1.54) is 6.92 Å². The van der Waals surface area contributed by atoms with Crippen molar-refractivity contribution in [1.29, 1.82) is 0 Å². The number of esters is 1. The lowest BCUT2D eigenvalue weighted by Crippen LogP contribution is -2.55. The normalized spacial score (nSPS) is 15.3. The Morgan fingerprint density at radius 2 is 2.14 bits per heavy atom. The molecule has 0 rings (SSSR count). The lowest BCUT2D eigenvalue weighted by atomic mass is 9.95. The molecule has 1 atom stereocenters. The van der Waals surface area contributed by atoms with Gasteiger partial charge in [0.15, 0.2) is 5.54 Å². The summed E-state index contributed by atoms with van der Waals surface area (Å²) < 4.78 is 29.5. The van der Waals surface area contributed by atoms with Crippen LogP contribution in [0, 0.1) is 0 Å². The number of alkyl halides is 2. The van der Waals surface area contributed by atoms with Gasteiger partial charge in [0.2, 0.25) is 0 Å². The zero-order valence-corrected chi connectivity index (χ0v) is 8.13. The number of nitrogens with two attached hydrogens (primary N) is 2.